The number of carbonyl (C=O) groups is 1. The van der Waals surface area contributed by atoms with Crippen LogP contribution in [0, 0.1) is 18.3 Å². The first kappa shape index (κ1) is 17.1. The number of aryl methyl sites for hydroxylation is 1. The van der Waals surface area contributed by atoms with E-state index in [2.05, 4.69) is 33.0 Å². The summed E-state index contributed by atoms with van der Waals surface area (Å²) < 4.78 is 0. The Morgan fingerprint density at radius 1 is 1.04 bits per heavy atom. The fourth-order valence-corrected chi connectivity index (χ4v) is 2.32. The molecule has 6 nitrogen and oxygen atoms in total. The van der Waals surface area contributed by atoms with Crippen molar-refractivity contribution in [2.75, 3.05) is 10.6 Å². The first-order valence-electron chi connectivity index (χ1n) is 8.09. The van der Waals surface area contributed by atoms with Crippen LogP contribution in [0.1, 0.15) is 27.2 Å². The SMILES string of the molecule is Cc1ccc(CNc2ccc(C(=O)Nc3ccccc3C#N)nn2)cc1. The molecule has 0 radical (unpaired) electrons. The quantitative estimate of drug-likeness (QED) is 0.739. The van der Waals surface area contributed by atoms with E-state index in [1.54, 1.807) is 36.4 Å². The van der Waals surface area contributed by atoms with Crippen molar-refractivity contribution in [2.45, 2.75) is 13.5 Å². The average molecular weight is 343 g/mol. The van der Waals surface area contributed by atoms with Gasteiger partial charge in [0.05, 0.1) is 11.3 Å². The summed E-state index contributed by atoms with van der Waals surface area (Å²) in [4.78, 5) is 12.3. The van der Waals surface area contributed by atoms with Gasteiger partial charge in [0.1, 0.15) is 11.9 Å². The van der Waals surface area contributed by atoms with E-state index in [-0.39, 0.29) is 5.69 Å². The molecular formula is C20H17N5O. The maximum absolute atomic E-state index is 12.3. The molecule has 3 rings (SSSR count). The van der Waals surface area contributed by atoms with Crippen LogP contribution in [0.5, 0.6) is 0 Å². The predicted molar refractivity (Wildman–Crippen MR) is 99.6 cm³/mol. The number of benzene rings is 2. The summed E-state index contributed by atoms with van der Waals surface area (Å²) >= 11 is 0. The lowest BCUT2D eigenvalue weighted by Gasteiger charge is -2.08. The highest BCUT2D eigenvalue weighted by molar-refractivity contribution is 6.03. The van der Waals surface area contributed by atoms with Crippen LogP contribution in [0.2, 0.25) is 0 Å². The Balaban J connectivity index is 1.62. The molecule has 0 saturated heterocycles. The summed E-state index contributed by atoms with van der Waals surface area (Å²) in [6, 6.07) is 20.3. The second-order valence-electron chi connectivity index (χ2n) is 5.75. The number of rotatable bonds is 5. The highest BCUT2D eigenvalue weighted by Gasteiger charge is 2.11. The minimum absolute atomic E-state index is 0.179. The number of hydrogen-bond donors (Lipinski definition) is 2. The normalized spacial score (nSPS) is 10.0. The van der Waals surface area contributed by atoms with Crippen LogP contribution in [0.25, 0.3) is 0 Å². The molecule has 0 aliphatic rings. The molecule has 0 atom stereocenters. The monoisotopic (exact) mass is 343 g/mol. The van der Waals surface area contributed by atoms with Crippen LogP contribution < -0.4 is 10.6 Å². The number of para-hydroxylation sites is 1. The van der Waals surface area contributed by atoms with Crippen LogP contribution in [-0.2, 0) is 6.54 Å². The van der Waals surface area contributed by atoms with Gasteiger partial charge in [-0.25, -0.2) is 0 Å². The van der Waals surface area contributed by atoms with E-state index in [0.717, 1.165) is 5.56 Å². The van der Waals surface area contributed by atoms with Gasteiger partial charge in [-0.1, -0.05) is 42.0 Å². The van der Waals surface area contributed by atoms with Gasteiger partial charge >= 0.3 is 0 Å². The fourth-order valence-electron chi connectivity index (χ4n) is 2.32. The summed E-state index contributed by atoms with van der Waals surface area (Å²) in [6.07, 6.45) is 0. The first-order chi connectivity index (χ1) is 12.7. The minimum Gasteiger partial charge on any atom is -0.365 e. The average Bonchev–Trinajstić information content (AvgIpc) is 2.68. The number of aromatic nitrogens is 2. The summed E-state index contributed by atoms with van der Waals surface area (Å²) in [5.41, 5.74) is 3.36. The molecule has 1 amide bonds. The number of hydrogen-bond acceptors (Lipinski definition) is 5. The third-order valence-corrected chi connectivity index (χ3v) is 3.79. The largest absolute Gasteiger partial charge is 0.365 e. The molecule has 1 aromatic heterocycles. The minimum atomic E-state index is -0.412. The van der Waals surface area contributed by atoms with Gasteiger partial charge in [-0.2, -0.15) is 5.26 Å². The zero-order valence-electron chi connectivity index (χ0n) is 14.2. The molecule has 0 spiro atoms. The number of nitrogens with zero attached hydrogens (tertiary/aromatic N) is 3. The van der Waals surface area contributed by atoms with Gasteiger partial charge in [0.2, 0.25) is 0 Å². The zero-order chi connectivity index (χ0) is 18.4. The Morgan fingerprint density at radius 2 is 1.81 bits per heavy atom. The number of nitriles is 1. The van der Waals surface area contributed by atoms with Gasteiger partial charge in [0.25, 0.3) is 5.91 Å². The molecule has 1 heterocycles. The van der Waals surface area contributed by atoms with Crippen LogP contribution in [0.4, 0.5) is 11.5 Å². The van der Waals surface area contributed by atoms with Crippen LogP contribution in [0.3, 0.4) is 0 Å². The van der Waals surface area contributed by atoms with E-state index in [4.69, 9.17) is 5.26 Å². The van der Waals surface area contributed by atoms with Gasteiger partial charge in [0.15, 0.2) is 5.69 Å². The maximum atomic E-state index is 12.3. The molecular weight excluding hydrogens is 326 g/mol. The Kier molecular flexibility index (Phi) is 5.20. The summed E-state index contributed by atoms with van der Waals surface area (Å²) in [6.45, 7) is 2.66. The van der Waals surface area contributed by atoms with Crippen molar-refractivity contribution in [1.82, 2.24) is 10.2 Å². The Hall–Kier alpha value is -3.72. The third-order valence-electron chi connectivity index (χ3n) is 3.79. The number of nitrogens with one attached hydrogen (secondary N) is 2. The highest BCUT2D eigenvalue weighted by Crippen LogP contribution is 2.15. The van der Waals surface area contributed by atoms with Crippen LogP contribution in [0.15, 0.2) is 60.7 Å². The van der Waals surface area contributed by atoms with Gasteiger partial charge in [0, 0.05) is 6.54 Å². The Bertz CT molecular complexity index is 943. The summed E-state index contributed by atoms with van der Waals surface area (Å²) in [7, 11) is 0. The molecule has 128 valence electrons. The lowest BCUT2D eigenvalue weighted by Crippen LogP contribution is -2.15. The molecule has 2 N–H and O–H groups in total. The van der Waals surface area contributed by atoms with E-state index in [1.807, 2.05) is 25.1 Å². The molecule has 2 aromatic carbocycles. The lowest BCUT2D eigenvalue weighted by molar-refractivity contribution is 0.102. The first-order valence-corrected chi connectivity index (χ1v) is 8.09. The molecule has 0 unspecified atom stereocenters. The van der Waals surface area contributed by atoms with E-state index < -0.39 is 5.91 Å². The van der Waals surface area contributed by atoms with Gasteiger partial charge in [-0.15, -0.1) is 10.2 Å². The van der Waals surface area contributed by atoms with E-state index >= 15 is 0 Å². The van der Waals surface area contributed by atoms with Gasteiger partial charge in [-0.05, 0) is 36.8 Å². The standard InChI is InChI=1S/C20H17N5O/c1-14-6-8-15(9-7-14)13-22-19-11-10-18(24-25-19)20(26)23-17-5-3-2-4-16(17)12-21/h2-11H,13H2,1H3,(H,22,25)(H,23,26). The summed E-state index contributed by atoms with van der Waals surface area (Å²) in [5, 5.41) is 22.9. The van der Waals surface area contributed by atoms with Crippen molar-refractivity contribution in [3.8, 4) is 6.07 Å². The van der Waals surface area contributed by atoms with Crippen LogP contribution in [-0.4, -0.2) is 16.1 Å². The lowest BCUT2D eigenvalue weighted by atomic mass is 10.1. The summed E-state index contributed by atoms with van der Waals surface area (Å²) in [5.74, 6) is 0.171. The van der Waals surface area contributed by atoms with Crippen molar-refractivity contribution in [3.63, 3.8) is 0 Å². The van der Waals surface area contributed by atoms with Crippen LogP contribution >= 0.6 is 0 Å². The fraction of sp³-hybridized carbons (Fsp3) is 0.100. The van der Waals surface area contributed by atoms with Gasteiger partial charge < -0.3 is 10.6 Å². The zero-order valence-corrected chi connectivity index (χ0v) is 14.2. The van der Waals surface area contributed by atoms with E-state index in [9.17, 15) is 4.79 Å². The molecule has 0 aliphatic heterocycles. The maximum Gasteiger partial charge on any atom is 0.276 e. The van der Waals surface area contributed by atoms with Crippen molar-refractivity contribution < 1.29 is 4.79 Å². The molecule has 0 aliphatic carbocycles. The Labute approximate surface area is 151 Å². The number of anilines is 2. The Morgan fingerprint density at radius 3 is 2.50 bits per heavy atom. The van der Waals surface area contributed by atoms with Crippen molar-refractivity contribution >= 4 is 17.4 Å². The smallest absolute Gasteiger partial charge is 0.276 e. The van der Waals surface area contributed by atoms with Crippen molar-refractivity contribution in [2.24, 2.45) is 0 Å². The number of amides is 1. The van der Waals surface area contributed by atoms with E-state index in [0.29, 0.717) is 23.6 Å². The second-order valence-corrected chi connectivity index (χ2v) is 5.75. The van der Waals surface area contributed by atoms with Gasteiger partial charge in [-0.3, -0.25) is 4.79 Å². The predicted octanol–water partition coefficient (Wildman–Crippen LogP) is 3.52. The molecule has 0 saturated carbocycles. The topological polar surface area (TPSA) is 90.7 Å². The molecule has 0 bridgehead atoms. The number of carbonyl (C=O) groups excluding carboxylic acids is 1. The molecule has 6 heteroatoms. The van der Waals surface area contributed by atoms with Crippen molar-refractivity contribution in [1.29, 1.82) is 5.26 Å². The molecule has 26 heavy (non-hydrogen) atoms. The molecule has 0 fully saturated rings. The second kappa shape index (κ2) is 7.90. The molecule has 3 aromatic rings. The highest BCUT2D eigenvalue weighted by atomic mass is 16.1. The van der Waals surface area contributed by atoms with Crippen molar-refractivity contribution in [3.05, 3.63) is 83.0 Å². The third kappa shape index (κ3) is 4.22. The van der Waals surface area contributed by atoms with E-state index in [1.165, 1.54) is 5.56 Å².